The van der Waals surface area contributed by atoms with Gasteiger partial charge in [-0.3, -0.25) is 14.9 Å². The molecule has 108 valence electrons. The molecule has 1 aromatic rings. The maximum Gasteiger partial charge on any atom is 0.282 e. The van der Waals surface area contributed by atoms with Gasteiger partial charge in [0.15, 0.2) is 0 Å². The molecule has 0 bridgehead atoms. The number of hydrogen-bond donors (Lipinski definition) is 0. The summed E-state index contributed by atoms with van der Waals surface area (Å²) < 4.78 is 0. The van der Waals surface area contributed by atoms with Crippen LogP contribution in [0.1, 0.15) is 35.2 Å². The molecule has 6 heteroatoms. The van der Waals surface area contributed by atoms with Crippen molar-refractivity contribution in [2.75, 3.05) is 11.9 Å². The van der Waals surface area contributed by atoms with Crippen molar-refractivity contribution in [2.45, 2.75) is 32.2 Å². The number of nitrogens with zero attached hydrogens (tertiary/aromatic N) is 2. The molecule has 1 amide bonds. The summed E-state index contributed by atoms with van der Waals surface area (Å²) in [6, 6.07) is 4.97. The Morgan fingerprint density at radius 2 is 2.20 bits per heavy atom. The van der Waals surface area contributed by atoms with E-state index >= 15 is 0 Å². The molecule has 5 nitrogen and oxygen atoms in total. The zero-order valence-corrected chi connectivity index (χ0v) is 12.9. The fourth-order valence-electron chi connectivity index (χ4n) is 2.47. The zero-order valence-electron chi connectivity index (χ0n) is 11.3. The highest BCUT2D eigenvalue weighted by Crippen LogP contribution is 2.29. The number of aryl methyl sites for hydroxylation is 1. The van der Waals surface area contributed by atoms with Crippen LogP contribution in [0.15, 0.2) is 18.2 Å². The van der Waals surface area contributed by atoms with Gasteiger partial charge in [-0.15, -0.1) is 0 Å². The highest BCUT2D eigenvalue weighted by molar-refractivity contribution is 9.09. The lowest BCUT2D eigenvalue weighted by atomic mass is 9.90. The van der Waals surface area contributed by atoms with Gasteiger partial charge in [0.1, 0.15) is 5.56 Å². The SMILES string of the molecule is Cc1cccc([N+](=O)[O-])c1C(=O)N(CCBr)C1CCC1. The van der Waals surface area contributed by atoms with Gasteiger partial charge in [-0.2, -0.15) is 0 Å². The predicted octanol–water partition coefficient (Wildman–Crippen LogP) is 3.29. The minimum absolute atomic E-state index is 0.103. The Bertz CT molecular complexity index is 529. The Labute approximate surface area is 126 Å². The van der Waals surface area contributed by atoms with Gasteiger partial charge in [-0.05, 0) is 31.7 Å². The van der Waals surface area contributed by atoms with Gasteiger partial charge in [0.05, 0.1) is 4.92 Å². The molecule has 0 spiro atoms. The zero-order chi connectivity index (χ0) is 14.7. The minimum atomic E-state index is -0.479. The molecule has 0 aromatic heterocycles. The Morgan fingerprint density at radius 1 is 1.50 bits per heavy atom. The van der Waals surface area contributed by atoms with Crippen molar-refractivity contribution in [2.24, 2.45) is 0 Å². The van der Waals surface area contributed by atoms with Gasteiger partial charge in [-0.1, -0.05) is 28.1 Å². The van der Waals surface area contributed by atoms with Gasteiger partial charge in [0.25, 0.3) is 11.6 Å². The summed E-state index contributed by atoms with van der Waals surface area (Å²) in [5, 5.41) is 11.8. The number of halogens is 1. The van der Waals surface area contributed by atoms with Crippen LogP contribution in [0, 0.1) is 17.0 Å². The van der Waals surface area contributed by atoms with Crippen LogP contribution in [0.3, 0.4) is 0 Å². The second-order valence-electron chi connectivity index (χ2n) is 5.00. The number of rotatable bonds is 5. The van der Waals surface area contributed by atoms with E-state index in [1.165, 1.54) is 6.07 Å². The van der Waals surface area contributed by atoms with Gasteiger partial charge >= 0.3 is 0 Å². The molecular weight excluding hydrogens is 324 g/mol. The van der Waals surface area contributed by atoms with E-state index in [0.29, 0.717) is 17.4 Å². The lowest BCUT2D eigenvalue weighted by Crippen LogP contribution is -2.45. The molecule has 1 aromatic carbocycles. The molecule has 0 atom stereocenters. The predicted molar refractivity (Wildman–Crippen MR) is 80.3 cm³/mol. The number of carbonyl (C=O) groups excluding carboxylic acids is 1. The van der Waals surface area contributed by atoms with Crippen molar-refractivity contribution in [3.63, 3.8) is 0 Å². The van der Waals surface area contributed by atoms with Crippen LogP contribution in [0.25, 0.3) is 0 Å². The third-order valence-corrected chi connectivity index (χ3v) is 4.12. The number of hydrogen-bond acceptors (Lipinski definition) is 3. The second kappa shape index (κ2) is 6.35. The lowest BCUT2D eigenvalue weighted by molar-refractivity contribution is -0.385. The molecule has 20 heavy (non-hydrogen) atoms. The van der Waals surface area contributed by atoms with Crippen molar-refractivity contribution >= 4 is 27.5 Å². The highest BCUT2D eigenvalue weighted by atomic mass is 79.9. The van der Waals surface area contributed by atoms with E-state index in [-0.39, 0.29) is 23.2 Å². The lowest BCUT2D eigenvalue weighted by Gasteiger charge is -2.37. The maximum absolute atomic E-state index is 12.7. The summed E-state index contributed by atoms with van der Waals surface area (Å²) in [5.41, 5.74) is 0.780. The number of alkyl halides is 1. The van der Waals surface area contributed by atoms with Crippen molar-refractivity contribution < 1.29 is 9.72 Å². The summed E-state index contributed by atoms with van der Waals surface area (Å²) in [5.74, 6) is -0.223. The average molecular weight is 341 g/mol. The number of benzene rings is 1. The molecule has 0 saturated heterocycles. The molecular formula is C14H17BrN2O3. The van der Waals surface area contributed by atoms with Crippen molar-refractivity contribution in [1.29, 1.82) is 0 Å². The summed E-state index contributed by atoms with van der Waals surface area (Å²) in [7, 11) is 0. The Hall–Kier alpha value is -1.43. The molecule has 0 N–H and O–H groups in total. The first-order chi connectivity index (χ1) is 9.56. The van der Waals surface area contributed by atoms with Crippen molar-refractivity contribution in [3.8, 4) is 0 Å². The largest absolute Gasteiger partial charge is 0.335 e. The molecule has 1 fully saturated rings. The van der Waals surface area contributed by atoms with Gasteiger partial charge < -0.3 is 4.90 Å². The molecule has 0 unspecified atom stereocenters. The Kier molecular flexibility index (Phi) is 4.75. The normalized spacial score (nSPS) is 14.7. The standard InChI is InChI=1S/C14H17BrN2O3/c1-10-4-2-7-12(17(19)20)13(10)14(18)16(9-8-15)11-5-3-6-11/h2,4,7,11H,3,5-6,8-9H2,1H3. The topological polar surface area (TPSA) is 63.5 Å². The van der Waals surface area contributed by atoms with E-state index in [2.05, 4.69) is 15.9 Å². The molecule has 1 aliphatic carbocycles. The van der Waals surface area contributed by atoms with E-state index < -0.39 is 4.92 Å². The van der Waals surface area contributed by atoms with Crippen LogP contribution in [-0.4, -0.2) is 33.6 Å². The van der Waals surface area contributed by atoms with Crippen LogP contribution in [-0.2, 0) is 0 Å². The van der Waals surface area contributed by atoms with Crippen LogP contribution in [0.4, 0.5) is 5.69 Å². The molecule has 0 radical (unpaired) electrons. The summed E-state index contributed by atoms with van der Waals surface area (Å²) in [6.45, 7) is 2.32. The first-order valence-corrected chi connectivity index (χ1v) is 7.79. The second-order valence-corrected chi connectivity index (χ2v) is 5.79. The van der Waals surface area contributed by atoms with E-state index in [0.717, 1.165) is 19.3 Å². The first-order valence-electron chi connectivity index (χ1n) is 6.67. The molecule has 2 rings (SSSR count). The summed E-state index contributed by atoms with van der Waals surface area (Å²) in [6.07, 6.45) is 3.09. The number of carbonyl (C=O) groups is 1. The maximum atomic E-state index is 12.7. The monoisotopic (exact) mass is 340 g/mol. The van der Waals surface area contributed by atoms with Crippen molar-refractivity contribution in [3.05, 3.63) is 39.4 Å². The molecule has 0 aliphatic heterocycles. The quantitative estimate of drug-likeness (QED) is 0.469. The fraction of sp³-hybridized carbons (Fsp3) is 0.500. The van der Waals surface area contributed by atoms with E-state index in [1.807, 2.05) is 0 Å². The van der Waals surface area contributed by atoms with Crippen LogP contribution < -0.4 is 0 Å². The van der Waals surface area contributed by atoms with E-state index in [1.54, 1.807) is 24.0 Å². The number of nitro groups is 1. The van der Waals surface area contributed by atoms with E-state index in [9.17, 15) is 14.9 Å². The average Bonchev–Trinajstić information content (AvgIpc) is 2.35. The van der Waals surface area contributed by atoms with Crippen molar-refractivity contribution in [1.82, 2.24) is 4.90 Å². The molecule has 1 aliphatic rings. The fourth-order valence-corrected chi connectivity index (χ4v) is 2.85. The van der Waals surface area contributed by atoms with Crippen LogP contribution >= 0.6 is 15.9 Å². The Balaban J connectivity index is 2.37. The van der Waals surface area contributed by atoms with Gasteiger partial charge in [0, 0.05) is 24.0 Å². The number of nitro benzene ring substituents is 1. The van der Waals surface area contributed by atoms with E-state index in [4.69, 9.17) is 0 Å². The smallest absolute Gasteiger partial charge is 0.282 e. The van der Waals surface area contributed by atoms with Gasteiger partial charge in [-0.25, -0.2) is 0 Å². The third-order valence-electron chi connectivity index (χ3n) is 3.76. The Morgan fingerprint density at radius 3 is 2.70 bits per heavy atom. The van der Waals surface area contributed by atoms with Gasteiger partial charge in [0.2, 0.25) is 0 Å². The summed E-state index contributed by atoms with van der Waals surface area (Å²) in [4.78, 5) is 25.1. The van der Waals surface area contributed by atoms with Crippen LogP contribution in [0.5, 0.6) is 0 Å². The molecule has 1 saturated carbocycles. The number of amides is 1. The molecule has 0 heterocycles. The van der Waals surface area contributed by atoms with Crippen LogP contribution in [0.2, 0.25) is 0 Å². The summed E-state index contributed by atoms with van der Waals surface area (Å²) >= 11 is 3.35. The highest BCUT2D eigenvalue weighted by Gasteiger charge is 2.33. The minimum Gasteiger partial charge on any atom is -0.335 e. The third kappa shape index (κ3) is 2.85. The first kappa shape index (κ1) is 15.0.